The molecule has 0 saturated carbocycles. The second kappa shape index (κ2) is 20.2. The Labute approximate surface area is 266 Å². The number of rotatable bonds is 21. The molecule has 0 unspecified atom stereocenters. The summed E-state index contributed by atoms with van der Waals surface area (Å²) in [7, 11) is 1.48. The first-order chi connectivity index (χ1) is 21.9. The fraction of sp³-hybridized carbons (Fsp3) is 0.378. The number of carbonyl (C=O) groups excluding carboxylic acids is 1. The molecule has 0 amide bonds. The lowest BCUT2D eigenvalue weighted by molar-refractivity contribution is -0.00930. The molecule has 0 aromatic heterocycles. The van der Waals surface area contributed by atoms with Crippen molar-refractivity contribution in [3.05, 3.63) is 120 Å². The van der Waals surface area contributed by atoms with E-state index in [9.17, 15) is 15.0 Å². The first-order valence-electron chi connectivity index (χ1n) is 15.4. The molecule has 3 aromatic rings. The number of aliphatic hydroxyl groups is 2. The van der Waals surface area contributed by atoms with Gasteiger partial charge in [0.2, 0.25) is 0 Å². The number of hydrogen-bond acceptors (Lipinski definition) is 8. The molecule has 0 radical (unpaired) electrons. The monoisotopic (exact) mass is 618 g/mol. The lowest BCUT2D eigenvalue weighted by atomic mass is 10.00. The fourth-order valence-corrected chi connectivity index (χ4v) is 4.80. The Hall–Kier alpha value is -3.95. The van der Waals surface area contributed by atoms with Gasteiger partial charge in [0.25, 0.3) is 5.95 Å². The largest absolute Gasteiger partial charge is 0.496 e. The van der Waals surface area contributed by atoms with E-state index < -0.39 is 18.2 Å². The number of aliphatic hydroxyl groups excluding tert-OH is 2. The van der Waals surface area contributed by atoms with Crippen molar-refractivity contribution in [1.29, 1.82) is 0 Å². The Balaban J connectivity index is 1.58. The van der Waals surface area contributed by atoms with Gasteiger partial charge in [0, 0.05) is 6.61 Å². The third-order valence-corrected chi connectivity index (χ3v) is 7.04. The summed E-state index contributed by atoms with van der Waals surface area (Å²) in [6, 6.07) is 25.0. The van der Waals surface area contributed by atoms with E-state index >= 15 is 0 Å². The summed E-state index contributed by atoms with van der Waals surface area (Å²) < 4.78 is 27.8. The van der Waals surface area contributed by atoms with Crippen LogP contribution in [0.5, 0.6) is 5.75 Å². The quantitative estimate of drug-likeness (QED) is 0.0759. The van der Waals surface area contributed by atoms with Crippen molar-refractivity contribution in [3.8, 4) is 5.75 Å². The van der Waals surface area contributed by atoms with E-state index in [1.54, 1.807) is 31.2 Å². The molecule has 0 saturated heterocycles. The third-order valence-electron chi connectivity index (χ3n) is 7.04. The van der Waals surface area contributed by atoms with E-state index in [0.29, 0.717) is 63.4 Å². The van der Waals surface area contributed by atoms with Gasteiger partial charge in [-0.3, -0.25) is 0 Å². The molecule has 0 aliphatic rings. The van der Waals surface area contributed by atoms with Crippen LogP contribution in [0, 0.1) is 0 Å². The average Bonchev–Trinajstić information content (AvgIpc) is 3.04. The number of carbonyl (C=O) groups is 1. The molecule has 45 heavy (non-hydrogen) atoms. The molecule has 0 heterocycles. The summed E-state index contributed by atoms with van der Waals surface area (Å²) in [5.41, 5.74) is 2.97. The van der Waals surface area contributed by atoms with Gasteiger partial charge in [0.05, 0.1) is 45.2 Å². The summed E-state index contributed by atoms with van der Waals surface area (Å²) in [5.74, 6) is -0.371. The predicted molar refractivity (Wildman–Crippen MR) is 174 cm³/mol. The van der Waals surface area contributed by atoms with Crippen molar-refractivity contribution >= 4 is 12.0 Å². The third kappa shape index (κ3) is 13.3. The summed E-state index contributed by atoms with van der Waals surface area (Å²) in [6.07, 6.45) is 4.22. The van der Waals surface area contributed by atoms with Crippen LogP contribution in [0.1, 0.15) is 66.1 Å². The standard InChI is InChI=1S/C37H46O8/c1-4-43-28(2)45-37(40)36-31(19-12-22-35(36)41-3)18-11-21-34(44-27-30-16-9-6-10-17-30)25-33(39)24-32(38)20-13-23-42-26-29-14-7-5-8-15-29/h5-12,14-19,22,32-34,38-39H,2,4,13,20-21,23-27H2,1,3H3/b18-11+/t32-,33-,34+/m0/s1. The van der Waals surface area contributed by atoms with Crippen LogP contribution < -0.4 is 4.74 Å². The second-order valence-electron chi connectivity index (χ2n) is 10.6. The van der Waals surface area contributed by atoms with Gasteiger partial charge in [-0.25, -0.2) is 4.79 Å². The van der Waals surface area contributed by atoms with Crippen LogP contribution in [-0.2, 0) is 32.2 Å². The lowest BCUT2D eigenvalue weighted by Gasteiger charge is -2.22. The molecule has 3 aromatic carbocycles. The number of hydrogen-bond donors (Lipinski definition) is 2. The SMILES string of the molecule is C=C(OCC)OC(=O)c1c(/C=C/C[C@H](C[C@@H](O)C[C@@H](O)CCCOCc2ccccc2)OCc2ccccc2)cccc1OC. The highest BCUT2D eigenvalue weighted by Crippen LogP contribution is 2.26. The second-order valence-corrected chi connectivity index (χ2v) is 10.6. The van der Waals surface area contributed by atoms with Gasteiger partial charge in [-0.1, -0.05) is 84.9 Å². The molecule has 242 valence electrons. The van der Waals surface area contributed by atoms with Crippen LogP contribution in [0.15, 0.2) is 97.5 Å². The minimum atomic E-state index is -0.758. The smallest absolute Gasteiger partial charge is 0.350 e. The van der Waals surface area contributed by atoms with Gasteiger partial charge in [-0.05, 0) is 68.4 Å². The van der Waals surface area contributed by atoms with Gasteiger partial charge in [0.1, 0.15) is 11.3 Å². The van der Waals surface area contributed by atoms with Gasteiger partial charge >= 0.3 is 5.97 Å². The summed E-state index contributed by atoms with van der Waals surface area (Å²) in [6.45, 7) is 7.17. The Bertz CT molecular complexity index is 1310. The molecular weight excluding hydrogens is 572 g/mol. The summed E-state index contributed by atoms with van der Waals surface area (Å²) in [5, 5.41) is 21.4. The number of ether oxygens (including phenoxy) is 5. The van der Waals surface area contributed by atoms with Gasteiger partial charge in [-0.15, -0.1) is 0 Å². The zero-order valence-corrected chi connectivity index (χ0v) is 26.3. The zero-order chi connectivity index (χ0) is 32.3. The maximum Gasteiger partial charge on any atom is 0.350 e. The average molecular weight is 619 g/mol. The molecule has 3 rings (SSSR count). The normalized spacial score (nSPS) is 13.2. The molecular formula is C37H46O8. The van der Waals surface area contributed by atoms with Crippen molar-refractivity contribution in [1.82, 2.24) is 0 Å². The summed E-state index contributed by atoms with van der Waals surface area (Å²) in [4.78, 5) is 12.9. The molecule has 0 aliphatic carbocycles. The first-order valence-corrected chi connectivity index (χ1v) is 15.4. The van der Waals surface area contributed by atoms with E-state index in [0.717, 1.165) is 11.1 Å². The highest BCUT2D eigenvalue weighted by Gasteiger charge is 2.21. The Kier molecular flexibility index (Phi) is 15.9. The van der Waals surface area contributed by atoms with Crippen LogP contribution in [-0.4, -0.2) is 54.8 Å². The van der Waals surface area contributed by atoms with Crippen molar-refractivity contribution in [2.75, 3.05) is 20.3 Å². The molecule has 3 atom stereocenters. The number of esters is 1. The molecule has 0 bridgehead atoms. The maximum absolute atomic E-state index is 12.9. The maximum atomic E-state index is 12.9. The minimum Gasteiger partial charge on any atom is -0.496 e. The Morgan fingerprint density at radius 2 is 1.58 bits per heavy atom. The van der Waals surface area contributed by atoms with Crippen molar-refractivity contribution in [3.63, 3.8) is 0 Å². The van der Waals surface area contributed by atoms with Crippen molar-refractivity contribution in [2.45, 2.75) is 70.6 Å². The molecule has 0 fully saturated rings. The van der Waals surface area contributed by atoms with Gasteiger partial charge < -0.3 is 33.9 Å². The van der Waals surface area contributed by atoms with Gasteiger partial charge in [-0.2, -0.15) is 0 Å². The molecule has 0 spiro atoms. The van der Waals surface area contributed by atoms with Crippen LogP contribution in [0.3, 0.4) is 0 Å². The number of benzene rings is 3. The van der Waals surface area contributed by atoms with E-state index in [4.69, 9.17) is 23.7 Å². The van der Waals surface area contributed by atoms with E-state index in [-0.39, 0.29) is 24.0 Å². The van der Waals surface area contributed by atoms with Gasteiger partial charge in [0.15, 0.2) is 0 Å². The van der Waals surface area contributed by atoms with E-state index in [2.05, 4.69) is 6.58 Å². The number of methoxy groups -OCH3 is 1. The topological polar surface area (TPSA) is 104 Å². The van der Waals surface area contributed by atoms with Crippen LogP contribution >= 0.6 is 0 Å². The predicted octanol–water partition coefficient (Wildman–Crippen LogP) is 6.85. The van der Waals surface area contributed by atoms with Crippen LogP contribution in [0.25, 0.3) is 6.08 Å². The zero-order valence-electron chi connectivity index (χ0n) is 26.3. The minimum absolute atomic E-state index is 0.0893. The summed E-state index contributed by atoms with van der Waals surface area (Å²) >= 11 is 0. The van der Waals surface area contributed by atoms with Crippen LogP contribution in [0.4, 0.5) is 0 Å². The van der Waals surface area contributed by atoms with E-state index in [1.807, 2.05) is 66.7 Å². The molecule has 8 nitrogen and oxygen atoms in total. The van der Waals surface area contributed by atoms with E-state index in [1.165, 1.54) is 7.11 Å². The first kappa shape index (κ1) is 35.5. The molecule has 2 N–H and O–H groups in total. The highest BCUT2D eigenvalue weighted by atomic mass is 16.7. The fourth-order valence-electron chi connectivity index (χ4n) is 4.80. The molecule has 0 aliphatic heterocycles. The lowest BCUT2D eigenvalue weighted by Crippen LogP contribution is -2.25. The van der Waals surface area contributed by atoms with Crippen molar-refractivity contribution < 1.29 is 38.7 Å². The van der Waals surface area contributed by atoms with Crippen LogP contribution in [0.2, 0.25) is 0 Å². The van der Waals surface area contributed by atoms with Crippen molar-refractivity contribution in [2.24, 2.45) is 0 Å². The Morgan fingerprint density at radius 3 is 2.24 bits per heavy atom. The highest BCUT2D eigenvalue weighted by molar-refractivity contribution is 5.97. The Morgan fingerprint density at radius 1 is 0.889 bits per heavy atom. The molecule has 8 heteroatoms.